The van der Waals surface area contributed by atoms with Crippen molar-refractivity contribution in [2.75, 3.05) is 12.3 Å². The van der Waals surface area contributed by atoms with Gasteiger partial charge in [-0.05, 0) is 31.5 Å². The van der Waals surface area contributed by atoms with Crippen LogP contribution in [0.4, 0.5) is 5.82 Å². The minimum absolute atomic E-state index is 0.496. The highest BCUT2D eigenvalue weighted by molar-refractivity contribution is 5.32. The minimum Gasteiger partial charge on any atom is -0.385 e. The van der Waals surface area contributed by atoms with Crippen LogP contribution < -0.4 is 11.1 Å². The van der Waals surface area contributed by atoms with E-state index < -0.39 is 0 Å². The number of hydrogen-bond acceptors (Lipinski definition) is 2. The quantitative estimate of drug-likeness (QED) is 0.589. The van der Waals surface area contributed by atoms with Crippen LogP contribution in [-0.2, 0) is 0 Å². The molecule has 1 aliphatic heterocycles. The monoisotopic (exact) mass is 165 g/mol. The van der Waals surface area contributed by atoms with Gasteiger partial charge in [-0.3, -0.25) is 0 Å². The molecule has 0 aliphatic carbocycles. The van der Waals surface area contributed by atoms with Gasteiger partial charge in [-0.1, -0.05) is 6.42 Å². The van der Waals surface area contributed by atoms with E-state index in [1.807, 2.05) is 6.07 Å². The Morgan fingerprint density at radius 3 is 2.83 bits per heavy atom. The number of aromatic nitrogens is 1. The molecule has 1 aromatic rings. The van der Waals surface area contributed by atoms with Gasteiger partial charge < -0.3 is 16.0 Å². The van der Waals surface area contributed by atoms with E-state index in [1.165, 1.54) is 25.0 Å². The van der Waals surface area contributed by atoms with Crippen molar-refractivity contribution >= 4 is 5.82 Å². The first-order chi connectivity index (χ1) is 5.86. The lowest BCUT2D eigenvalue weighted by Gasteiger charge is -2.22. The third-order valence-corrected chi connectivity index (χ3v) is 2.42. The van der Waals surface area contributed by atoms with Crippen LogP contribution in [0.25, 0.3) is 0 Å². The zero-order valence-electron chi connectivity index (χ0n) is 7.14. The van der Waals surface area contributed by atoms with Gasteiger partial charge in [-0.2, -0.15) is 0 Å². The highest BCUT2D eigenvalue weighted by atomic mass is 15.0. The number of rotatable bonds is 1. The number of nitrogens with two attached hydrogens (primary N) is 1. The number of piperidine rings is 1. The fraction of sp³-hybridized carbons (Fsp3) is 0.556. The van der Waals surface area contributed by atoms with Crippen molar-refractivity contribution in [2.45, 2.75) is 25.3 Å². The normalized spacial score (nSPS) is 24.2. The molecule has 0 aromatic carbocycles. The van der Waals surface area contributed by atoms with E-state index in [-0.39, 0.29) is 0 Å². The van der Waals surface area contributed by atoms with E-state index in [0.29, 0.717) is 6.04 Å². The second kappa shape index (κ2) is 3.19. The summed E-state index contributed by atoms with van der Waals surface area (Å²) < 4.78 is 0. The smallest absolute Gasteiger partial charge is 0.100 e. The molecule has 0 radical (unpaired) electrons. The molecule has 2 rings (SSSR count). The number of H-pyrrole nitrogens is 1. The van der Waals surface area contributed by atoms with Crippen LogP contribution in [0.2, 0.25) is 0 Å². The molecule has 0 amide bonds. The maximum atomic E-state index is 5.60. The summed E-state index contributed by atoms with van der Waals surface area (Å²) in [6, 6.07) is 4.49. The van der Waals surface area contributed by atoms with Crippen molar-refractivity contribution in [3.63, 3.8) is 0 Å². The third-order valence-electron chi connectivity index (χ3n) is 2.42. The van der Waals surface area contributed by atoms with Gasteiger partial charge >= 0.3 is 0 Å². The molecule has 4 N–H and O–H groups in total. The Balaban J connectivity index is 2.08. The van der Waals surface area contributed by atoms with Gasteiger partial charge in [0.15, 0.2) is 0 Å². The molecule has 1 saturated heterocycles. The van der Waals surface area contributed by atoms with Gasteiger partial charge in [0, 0.05) is 11.7 Å². The molecule has 0 spiro atoms. The van der Waals surface area contributed by atoms with Gasteiger partial charge in [0.2, 0.25) is 0 Å². The van der Waals surface area contributed by atoms with Crippen LogP contribution in [0.1, 0.15) is 31.0 Å². The Kier molecular flexibility index (Phi) is 2.04. The van der Waals surface area contributed by atoms with Crippen LogP contribution in [0, 0.1) is 0 Å². The Morgan fingerprint density at radius 2 is 2.25 bits per heavy atom. The van der Waals surface area contributed by atoms with Crippen molar-refractivity contribution < 1.29 is 0 Å². The molecular formula is C9H15N3. The number of anilines is 1. The van der Waals surface area contributed by atoms with Crippen molar-refractivity contribution in [3.8, 4) is 0 Å². The zero-order chi connectivity index (χ0) is 8.39. The first-order valence-corrected chi connectivity index (χ1v) is 4.54. The highest BCUT2D eigenvalue weighted by Crippen LogP contribution is 2.22. The Hall–Kier alpha value is -0.960. The van der Waals surface area contributed by atoms with Gasteiger partial charge in [0.1, 0.15) is 5.82 Å². The molecule has 1 aliphatic rings. The average Bonchev–Trinajstić information content (AvgIpc) is 2.54. The summed E-state index contributed by atoms with van der Waals surface area (Å²) in [4.78, 5) is 3.16. The zero-order valence-corrected chi connectivity index (χ0v) is 7.14. The second-order valence-corrected chi connectivity index (χ2v) is 3.37. The van der Waals surface area contributed by atoms with Crippen molar-refractivity contribution in [3.05, 3.63) is 17.8 Å². The third kappa shape index (κ3) is 1.46. The standard InChI is InChI=1S/C9H15N3/c10-9-5-4-8(12-9)7-3-1-2-6-11-7/h4-5,7,11-12H,1-3,6,10H2. The van der Waals surface area contributed by atoms with Crippen molar-refractivity contribution in [1.29, 1.82) is 0 Å². The Morgan fingerprint density at radius 1 is 1.33 bits per heavy atom. The molecular weight excluding hydrogens is 150 g/mol. The Bertz CT molecular complexity index is 248. The van der Waals surface area contributed by atoms with Crippen LogP contribution in [0.5, 0.6) is 0 Å². The molecule has 1 fully saturated rings. The highest BCUT2D eigenvalue weighted by Gasteiger charge is 2.15. The number of aromatic amines is 1. The summed E-state index contributed by atoms with van der Waals surface area (Å²) in [5.74, 6) is 0.761. The lowest BCUT2D eigenvalue weighted by atomic mass is 10.0. The van der Waals surface area contributed by atoms with Crippen molar-refractivity contribution in [2.24, 2.45) is 0 Å². The van der Waals surface area contributed by atoms with E-state index in [2.05, 4.69) is 16.4 Å². The molecule has 0 bridgehead atoms. The number of nitrogens with one attached hydrogen (secondary N) is 2. The van der Waals surface area contributed by atoms with Gasteiger partial charge in [0.25, 0.3) is 0 Å². The summed E-state index contributed by atoms with van der Waals surface area (Å²) in [7, 11) is 0. The summed E-state index contributed by atoms with van der Waals surface area (Å²) in [6.07, 6.45) is 3.84. The first kappa shape index (κ1) is 7.68. The molecule has 1 aromatic heterocycles. The average molecular weight is 165 g/mol. The second-order valence-electron chi connectivity index (χ2n) is 3.37. The summed E-state index contributed by atoms with van der Waals surface area (Å²) in [6.45, 7) is 1.13. The summed E-state index contributed by atoms with van der Waals surface area (Å²) in [5, 5.41) is 3.46. The molecule has 12 heavy (non-hydrogen) atoms. The van der Waals surface area contributed by atoms with E-state index in [0.717, 1.165) is 12.4 Å². The van der Waals surface area contributed by atoms with Crippen LogP contribution in [-0.4, -0.2) is 11.5 Å². The van der Waals surface area contributed by atoms with Crippen LogP contribution in [0.3, 0.4) is 0 Å². The fourth-order valence-corrected chi connectivity index (χ4v) is 1.75. The predicted molar refractivity (Wildman–Crippen MR) is 49.8 cm³/mol. The largest absolute Gasteiger partial charge is 0.385 e. The van der Waals surface area contributed by atoms with E-state index in [1.54, 1.807) is 0 Å². The van der Waals surface area contributed by atoms with Gasteiger partial charge in [0.05, 0.1) is 0 Å². The Labute approximate surface area is 72.3 Å². The molecule has 2 heterocycles. The molecule has 3 nitrogen and oxygen atoms in total. The van der Waals surface area contributed by atoms with Crippen LogP contribution >= 0.6 is 0 Å². The van der Waals surface area contributed by atoms with Crippen LogP contribution in [0.15, 0.2) is 12.1 Å². The maximum Gasteiger partial charge on any atom is 0.100 e. The number of nitrogen functional groups attached to an aromatic ring is 1. The minimum atomic E-state index is 0.496. The molecule has 0 saturated carbocycles. The summed E-state index contributed by atoms with van der Waals surface area (Å²) >= 11 is 0. The summed E-state index contributed by atoms with van der Waals surface area (Å²) in [5.41, 5.74) is 6.83. The van der Waals surface area contributed by atoms with Crippen molar-refractivity contribution in [1.82, 2.24) is 10.3 Å². The lowest BCUT2D eigenvalue weighted by molar-refractivity contribution is 0.406. The van der Waals surface area contributed by atoms with E-state index in [4.69, 9.17) is 5.73 Å². The molecule has 66 valence electrons. The molecule has 3 heteroatoms. The van der Waals surface area contributed by atoms with Gasteiger partial charge in [-0.25, -0.2) is 0 Å². The maximum absolute atomic E-state index is 5.60. The SMILES string of the molecule is Nc1ccc(C2CCCCN2)[nH]1. The molecule has 1 atom stereocenters. The lowest BCUT2D eigenvalue weighted by Crippen LogP contribution is -2.26. The predicted octanol–water partition coefficient (Wildman–Crippen LogP) is 1.41. The fourth-order valence-electron chi connectivity index (χ4n) is 1.75. The first-order valence-electron chi connectivity index (χ1n) is 4.54. The topological polar surface area (TPSA) is 53.8 Å². The van der Waals surface area contributed by atoms with E-state index in [9.17, 15) is 0 Å². The molecule has 1 unspecified atom stereocenters. The van der Waals surface area contributed by atoms with E-state index >= 15 is 0 Å². The number of hydrogen-bond donors (Lipinski definition) is 3. The van der Waals surface area contributed by atoms with Gasteiger partial charge in [-0.15, -0.1) is 0 Å².